The van der Waals surface area contributed by atoms with Crippen molar-refractivity contribution in [3.63, 3.8) is 0 Å². The average molecular weight is 473 g/mol. The molecule has 1 aromatic rings. The van der Waals surface area contributed by atoms with Crippen LogP contribution >= 0.6 is 0 Å². The highest BCUT2D eigenvalue weighted by Gasteiger charge is 2.43. The molecule has 0 aromatic heterocycles. The van der Waals surface area contributed by atoms with Crippen LogP contribution in [-0.2, 0) is 19.1 Å². The molecule has 3 rings (SSSR count). The van der Waals surface area contributed by atoms with E-state index < -0.39 is 17.9 Å². The van der Waals surface area contributed by atoms with Gasteiger partial charge in [0, 0.05) is 58.6 Å². The molecule has 0 saturated carbocycles. The number of carbonyl (C=O) groups is 3. The molecule has 0 spiro atoms. The van der Waals surface area contributed by atoms with E-state index in [2.05, 4.69) is 16.3 Å². The Kier molecular flexibility index (Phi) is 8.44. The fourth-order valence-corrected chi connectivity index (χ4v) is 4.69. The summed E-state index contributed by atoms with van der Waals surface area (Å²) >= 11 is 0. The van der Waals surface area contributed by atoms with E-state index in [1.165, 1.54) is 12.0 Å². The Bertz CT molecular complexity index is 956. The SMILES string of the molecule is COCC(=O)N(C)[C@H]1CN[C@H](C(=O)N2CCN(c3ccc(C#N)cc3C)CC2)[C@@H](C(=O)NO)C1. The molecule has 0 radical (unpaired) electrons. The fourth-order valence-electron chi connectivity index (χ4n) is 4.69. The topological polar surface area (TPSA) is 138 Å². The highest BCUT2D eigenvalue weighted by Crippen LogP contribution is 2.25. The van der Waals surface area contributed by atoms with Crippen LogP contribution in [0.3, 0.4) is 0 Å². The lowest BCUT2D eigenvalue weighted by Crippen LogP contribution is -2.63. The van der Waals surface area contributed by atoms with E-state index in [0.29, 0.717) is 38.3 Å². The van der Waals surface area contributed by atoms with Gasteiger partial charge in [-0.15, -0.1) is 0 Å². The number of nitrogens with zero attached hydrogens (tertiary/aromatic N) is 4. The van der Waals surface area contributed by atoms with Gasteiger partial charge in [-0.2, -0.15) is 5.26 Å². The Labute approximate surface area is 199 Å². The molecule has 2 aliphatic rings. The van der Waals surface area contributed by atoms with Gasteiger partial charge in [-0.25, -0.2) is 5.48 Å². The lowest BCUT2D eigenvalue weighted by atomic mass is 9.86. The first-order chi connectivity index (χ1) is 16.3. The minimum Gasteiger partial charge on any atom is -0.375 e. The van der Waals surface area contributed by atoms with E-state index in [1.54, 1.807) is 23.5 Å². The lowest BCUT2D eigenvalue weighted by Gasteiger charge is -2.42. The third kappa shape index (κ3) is 5.47. The van der Waals surface area contributed by atoms with Crippen molar-refractivity contribution in [3.05, 3.63) is 29.3 Å². The first kappa shape index (κ1) is 25.4. The van der Waals surface area contributed by atoms with Gasteiger partial charge in [-0.3, -0.25) is 19.6 Å². The van der Waals surface area contributed by atoms with Crippen molar-refractivity contribution in [2.24, 2.45) is 5.92 Å². The van der Waals surface area contributed by atoms with Crippen LogP contribution in [0, 0.1) is 24.2 Å². The smallest absolute Gasteiger partial charge is 0.248 e. The highest BCUT2D eigenvalue weighted by molar-refractivity contribution is 5.90. The summed E-state index contributed by atoms with van der Waals surface area (Å²) < 4.78 is 4.90. The van der Waals surface area contributed by atoms with Crippen molar-refractivity contribution in [2.75, 3.05) is 58.4 Å². The number of hydrogen-bond donors (Lipinski definition) is 3. The maximum atomic E-state index is 13.3. The summed E-state index contributed by atoms with van der Waals surface area (Å²) in [4.78, 5) is 43.4. The number of methoxy groups -OCH3 is 1. The number of aryl methyl sites for hydroxylation is 1. The molecule has 0 aliphatic carbocycles. The van der Waals surface area contributed by atoms with E-state index in [-0.39, 0.29) is 30.9 Å². The van der Waals surface area contributed by atoms with E-state index in [9.17, 15) is 19.6 Å². The zero-order valence-corrected chi connectivity index (χ0v) is 19.8. The Hall–Kier alpha value is -3.20. The van der Waals surface area contributed by atoms with Crippen LogP contribution < -0.4 is 15.7 Å². The summed E-state index contributed by atoms with van der Waals surface area (Å²) in [6.07, 6.45) is 0.242. The first-order valence-electron chi connectivity index (χ1n) is 11.3. The number of hydroxylamine groups is 1. The van der Waals surface area contributed by atoms with Gasteiger partial charge in [0.15, 0.2) is 0 Å². The molecule has 11 nitrogen and oxygen atoms in total. The third-order valence-electron chi connectivity index (χ3n) is 6.68. The van der Waals surface area contributed by atoms with Gasteiger partial charge >= 0.3 is 0 Å². The number of likely N-dealkylation sites (N-methyl/N-ethyl adjacent to an activating group) is 1. The molecule has 0 unspecified atom stereocenters. The van der Waals surface area contributed by atoms with Crippen molar-refractivity contribution in [2.45, 2.75) is 25.4 Å². The number of hydrogen-bond acceptors (Lipinski definition) is 8. The molecule has 2 heterocycles. The van der Waals surface area contributed by atoms with Crippen LogP contribution in [0.4, 0.5) is 5.69 Å². The minimum atomic E-state index is -0.826. The molecule has 3 atom stereocenters. The van der Waals surface area contributed by atoms with E-state index in [1.807, 2.05) is 19.1 Å². The normalized spacial score (nSPS) is 22.6. The molecule has 3 amide bonds. The third-order valence-corrected chi connectivity index (χ3v) is 6.68. The predicted molar refractivity (Wildman–Crippen MR) is 123 cm³/mol. The molecule has 184 valence electrons. The molecule has 2 saturated heterocycles. The lowest BCUT2D eigenvalue weighted by molar-refractivity contribution is -0.146. The van der Waals surface area contributed by atoms with Crippen molar-refractivity contribution in [1.29, 1.82) is 5.26 Å². The zero-order valence-electron chi connectivity index (χ0n) is 19.8. The van der Waals surface area contributed by atoms with Gasteiger partial charge in [-0.05, 0) is 37.1 Å². The van der Waals surface area contributed by atoms with Crippen LogP contribution in [-0.4, -0.2) is 98.3 Å². The summed E-state index contributed by atoms with van der Waals surface area (Å²) in [6, 6.07) is 6.59. The summed E-state index contributed by atoms with van der Waals surface area (Å²) in [5, 5.41) is 21.5. The number of nitrogens with one attached hydrogen (secondary N) is 2. The van der Waals surface area contributed by atoms with Crippen LogP contribution in [0.2, 0.25) is 0 Å². The van der Waals surface area contributed by atoms with Crippen molar-refractivity contribution in [3.8, 4) is 6.07 Å². The van der Waals surface area contributed by atoms with Crippen LogP contribution in [0.15, 0.2) is 18.2 Å². The summed E-state index contributed by atoms with van der Waals surface area (Å²) in [5.74, 6) is -1.91. The summed E-state index contributed by atoms with van der Waals surface area (Å²) in [5.41, 5.74) is 4.32. The maximum Gasteiger partial charge on any atom is 0.248 e. The van der Waals surface area contributed by atoms with Gasteiger partial charge in [-0.1, -0.05) is 0 Å². The number of piperazine rings is 1. The number of rotatable bonds is 6. The van der Waals surface area contributed by atoms with Crippen LogP contribution in [0.5, 0.6) is 0 Å². The van der Waals surface area contributed by atoms with Gasteiger partial charge in [0.2, 0.25) is 17.7 Å². The number of carbonyl (C=O) groups excluding carboxylic acids is 3. The number of nitriles is 1. The molecule has 2 fully saturated rings. The van der Waals surface area contributed by atoms with Gasteiger partial charge < -0.3 is 24.8 Å². The van der Waals surface area contributed by atoms with Crippen LogP contribution in [0.25, 0.3) is 0 Å². The molecule has 34 heavy (non-hydrogen) atoms. The second kappa shape index (κ2) is 11.3. The number of piperidine rings is 1. The summed E-state index contributed by atoms with van der Waals surface area (Å²) in [6.45, 7) is 4.46. The largest absolute Gasteiger partial charge is 0.375 e. The van der Waals surface area contributed by atoms with Crippen LogP contribution in [0.1, 0.15) is 17.5 Å². The quantitative estimate of drug-likeness (QED) is 0.371. The van der Waals surface area contributed by atoms with Gasteiger partial charge in [0.1, 0.15) is 6.61 Å². The molecule has 11 heteroatoms. The second-order valence-electron chi connectivity index (χ2n) is 8.72. The Balaban J connectivity index is 1.65. The highest BCUT2D eigenvalue weighted by atomic mass is 16.5. The fraction of sp³-hybridized carbons (Fsp3) is 0.565. The Morgan fingerprint density at radius 2 is 2.00 bits per heavy atom. The van der Waals surface area contributed by atoms with E-state index in [0.717, 1.165) is 11.3 Å². The van der Waals surface area contributed by atoms with E-state index >= 15 is 0 Å². The van der Waals surface area contributed by atoms with Gasteiger partial charge in [0.25, 0.3) is 0 Å². The summed E-state index contributed by atoms with van der Waals surface area (Å²) in [7, 11) is 3.07. The maximum absolute atomic E-state index is 13.3. The van der Waals surface area contributed by atoms with Crippen molar-refractivity contribution in [1.82, 2.24) is 20.6 Å². The minimum absolute atomic E-state index is 0.0742. The monoisotopic (exact) mass is 472 g/mol. The molecule has 1 aromatic carbocycles. The standard InChI is InChI=1S/C23H32N6O5/c1-15-10-16(12-24)4-5-19(15)28-6-8-29(9-7-28)23(32)21-18(22(31)26-33)11-17(13-25-21)27(2)20(30)14-34-3/h4-5,10,17-18,21,25,33H,6-9,11,13-14H2,1-3H3,(H,26,31)/t17-,18+,21+/m1/s1. The first-order valence-corrected chi connectivity index (χ1v) is 11.3. The molecule has 0 bridgehead atoms. The van der Waals surface area contributed by atoms with Crippen molar-refractivity contribution < 1.29 is 24.3 Å². The van der Waals surface area contributed by atoms with E-state index in [4.69, 9.17) is 10.00 Å². The number of ether oxygens (including phenoxy) is 1. The number of amides is 3. The average Bonchev–Trinajstić information content (AvgIpc) is 2.87. The Morgan fingerprint density at radius 3 is 2.59 bits per heavy atom. The Morgan fingerprint density at radius 1 is 1.29 bits per heavy atom. The molecule has 2 aliphatic heterocycles. The second-order valence-corrected chi connectivity index (χ2v) is 8.72. The predicted octanol–water partition coefficient (Wildman–Crippen LogP) is -0.528. The zero-order chi connectivity index (χ0) is 24.8. The van der Waals surface area contributed by atoms with Gasteiger partial charge in [0.05, 0.1) is 23.6 Å². The molecular weight excluding hydrogens is 440 g/mol. The van der Waals surface area contributed by atoms with Crippen molar-refractivity contribution >= 4 is 23.4 Å². The number of anilines is 1. The number of benzene rings is 1. The molecular formula is C23H32N6O5. The molecule has 3 N–H and O–H groups in total.